The van der Waals surface area contributed by atoms with Gasteiger partial charge in [0.1, 0.15) is 11.4 Å². The van der Waals surface area contributed by atoms with Crippen molar-refractivity contribution in [2.24, 2.45) is 0 Å². The van der Waals surface area contributed by atoms with Crippen molar-refractivity contribution in [1.82, 2.24) is 9.29 Å². The molecule has 1 fully saturated rings. The number of rotatable bonds is 3. The van der Waals surface area contributed by atoms with Crippen LogP contribution in [-0.4, -0.2) is 35.9 Å². The molecular weight excluding hydrogens is 343 g/mol. The van der Waals surface area contributed by atoms with Gasteiger partial charge in [-0.05, 0) is 17.5 Å². The Labute approximate surface area is 144 Å². The predicted octanol–water partition coefficient (Wildman–Crippen LogP) is 2.27. The van der Waals surface area contributed by atoms with Gasteiger partial charge in [0, 0.05) is 30.2 Å². The van der Waals surface area contributed by atoms with Gasteiger partial charge in [-0.3, -0.25) is 0 Å². The van der Waals surface area contributed by atoms with Gasteiger partial charge in [0.25, 0.3) is 10.0 Å². The van der Waals surface area contributed by atoms with Gasteiger partial charge >= 0.3 is 0 Å². The minimum atomic E-state index is -3.88. The maximum Gasteiger partial charge on any atom is 0.261 e. The minimum Gasteiger partial charge on any atom is -0.382 e. The lowest BCUT2D eigenvalue weighted by Gasteiger charge is -2.45. The van der Waals surface area contributed by atoms with Crippen molar-refractivity contribution in [3.05, 3.63) is 72.2 Å². The van der Waals surface area contributed by atoms with Crippen molar-refractivity contribution in [2.75, 3.05) is 13.1 Å². The summed E-state index contributed by atoms with van der Waals surface area (Å²) in [5.41, 5.74) is -1.42. The van der Waals surface area contributed by atoms with Crippen LogP contribution in [0.5, 0.6) is 0 Å². The lowest BCUT2D eigenvalue weighted by Crippen LogP contribution is -2.61. The van der Waals surface area contributed by atoms with Gasteiger partial charge < -0.3 is 5.11 Å². The zero-order valence-electron chi connectivity index (χ0n) is 13.1. The largest absolute Gasteiger partial charge is 0.382 e. The molecular formula is C18H15FN2O3S. The number of hydrogen-bond donors (Lipinski definition) is 1. The molecule has 0 amide bonds. The van der Waals surface area contributed by atoms with Crippen molar-refractivity contribution in [3.8, 4) is 0 Å². The standard InChI is InChI=1S/C18H15FN2O3S/c19-16-8-4-3-7-15(16)18(22)11-21(12-18)25(23,24)17-14-6-2-1-5-13(14)9-10-20-17/h1-10,22H,11-12H2. The Morgan fingerprint density at radius 1 is 1.04 bits per heavy atom. The van der Waals surface area contributed by atoms with Crippen molar-refractivity contribution >= 4 is 20.8 Å². The van der Waals surface area contributed by atoms with E-state index in [9.17, 15) is 17.9 Å². The molecule has 25 heavy (non-hydrogen) atoms. The number of sulfonamides is 1. The van der Waals surface area contributed by atoms with Crippen LogP contribution in [0.25, 0.3) is 10.8 Å². The number of pyridine rings is 1. The number of nitrogens with zero attached hydrogens (tertiary/aromatic N) is 2. The first-order chi connectivity index (χ1) is 11.9. The van der Waals surface area contributed by atoms with E-state index in [2.05, 4.69) is 4.98 Å². The quantitative estimate of drug-likeness (QED) is 0.780. The Morgan fingerprint density at radius 3 is 2.48 bits per heavy atom. The summed E-state index contributed by atoms with van der Waals surface area (Å²) in [4.78, 5) is 4.03. The van der Waals surface area contributed by atoms with E-state index in [1.807, 2.05) is 12.1 Å². The fourth-order valence-electron chi connectivity index (χ4n) is 3.14. The molecule has 0 saturated carbocycles. The molecule has 3 aromatic rings. The molecule has 1 aromatic heterocycles. The van der Waals surface area contributed by atoms with E-state index >= 15 is 0 Å². The normalized spacial score (nSPS) is 17.4. The number of aliphatic hydroxyl groups is 1. The number of β-amino-alcohol motifs (C(OH)–C–C–N with tert-alkyl or cyclic N) is 1. The summed E-state index contributed by atoms with van der Waals surface area (Å²) in [5, 5.41) is 11.8. The highest BCUT2D eigenvalue weighted by molar-refractivity contribution is 7.89. The molecule has 128 valence electrons. The maximum absolute atomic E-state index is 13.9. The number of fused-ring (bicyclic) bond motifs is 1. The smallest absolute Gasteiger partial charge is 0.261 e. The first-order valence-corrected chi connectivity index (χ1v) is 9.17. The Hall–Kier alpha value is -2.35. The second-order valence-corrected chi connectivity index (χ2v) is 7.97. The van der Waals surface area contributed by atoms with E-state index < -0.39 is 21.4 Å². The van der Waals surface area contributed by atoms with Crippen LogP contribution in [-0.2, 0) is 15.6 Å². The van der Waals surface area contributed by atoms with Crippen molar-refractivity contribution < 1.29 is 17.9 Å². The molecule has 2 aromatic carbocycles. The fraction of sp³-hybridized carbons (Fsp3) is 0.167. The van der Waals surface area contributed by atoms with E-state index in [4.69, 9.17) is 0 Å². The van der Waals surface area contributed by atoms with Crippen LogP contribution in [0, 0.1) is 5.82 Å². The van der Waals surface area contributed by atoms with E-state index in [-0.39, 0.29) is 23.7 Å². The number of benzene rings is 2. The Bertz CT molecular complexity index is 1060. The lowest BCUT2D eigenvalue weighted by molar-refractivity contribution is -0.0673. The third-order valence-electron chi connectivity index (χ3n) is 4.47. The van der Waals surface area contributed by atoms with Crippen LogP contribution >= 0.6 is 0 Å². The third-order valence-corrected chi connectivity index (χ3v) is 6.22. The molecule has 7 heteroatoms. The maximum atomic E-state index is 13.9. The molecule has 2 heterocycles. The highest BCUT2D eigenvalue weighted by atomic mass is 32.2. The van der Waals surface area contributed by atoms with Crippen LogP contribution in [0.1, 0.15) is 5.56 Å². The van der Waals surface area contributed by atoms with Crippen LogP contribution < -0.4 is 0 Å². The molecule has 0 spiro atoms. The SMILES string of the molecule is O=S(=O)(c1nccc2ccccc12)N1CC(O)(c2ccccc2F)C1. The molecule has 0 atom stereocenters. The molecule has 1 N–H and O–H groups in total. The van der Waals surface area contributed by atoms with Crippen LogP contribution in [0.4, 0.5) is 4.39 Å². The molecule has 0 radical (unpaired) electrons. The second kappa shape index (κ2) is 5.59. The van der Waals surface area contributed by atoms with Gasteiger partial charge in [-0.1, -0.05) is 42.5 Å². The second-order valence-electron chi connectivity index (χ2n) is 6.12. The first-order valence-electron chi connectivity index (χ1n) is 7.73. The summed E-state index contributed by atoms with van der Waals surface area (Å²) in [6, 6.07) is 14.6. The summed E-state index contributed by atoms with van der Waals surface area (Å²) in [7, 11) is -3.88. The van der Waals surface area contributed by atoms with Gasteiger partial charge in [0.05, 0.1) is 0 Å². The van der Waals surface area contributed by atoms with Crippen LogP contribution in [0.2, 0.25) is 0 Å². The van der Waals surface area contributed by atoms with Crippen LogP contribution in [0.15, 0.2) is 65.8 Å². The summed E-state index contributed by atoms with van der Waals surface area (Å²) in [5.74, 6) is -0.551. The molecule has 1 aliphatic rings. The Balaban J connectivity index is 1.68. The molecule has 0 unspecified atom stereocenters. The summed E-state index contributed by atoms with van der Waals surface area (Å²) >= 11 is 0. The monoisotopic (exact) mass is 358 g/mol. The average Bonchev–Trinajstić information content (AvgIpc) is 2.59. The van der Waals surface area contributed by atoms with Crippen molar-refractivity contribution in [1.29, 1.82) is 0 Å². The Morgan fingerprint density at radius 2 is 1.72 bits per heavy atom. The first kappa shape index (κ1) is 16.1. The number of hydrogen-bond acceptors (Lipinski definition) is 4. The molecule has 1 aliphatic heterocycles. The molecule has 1 saturated heterocycles. The zero-order valence-corrected chi connectivity index (χ0v) is 13.9. The number of aromatic nitrogens is 1. The van der Waals surface area contributed by atoms with E-state index in [1.165, 1.54) is 24.4 Å². The topological polar surface area (TPSA) is 70.5 Å². The lowest BCUT2D eigenvalue weighted by atomic mass is 9.88. The number of halogens is 1. The van der Waals surface area contributed by atoms with Gasteiger partial charge in [-0.2, -0.15) is 4.31 Å². The minimum absolute atomic E-state index is 0.0545. The fourth-order valence-corrected chi connectivity index (χ4v) is 4.81. The predicted molar refractivity (Wildman–Crippen MR) is 90.8 cm³/mol. The zero-order chi connectivity index (χ0) is 17.7. The Kier molecular flexibility index (Phi) is 3.61. The molecule has 5 nitrogen and oxygen atoms in total. The van der Waals surface area contributed by atoms with Crippen LogP contribution in [0.3, 0.4) is 0 Å². The van der Waals surface area contributed by atoms with Crippen molar-refractivity contribution in [2.45, 2.75) is 10.6 Å². The van der Waals surface area contributed by atoms with Gasteiger partial charge in [-0.25, -0.2) is 17.8 Å². The summed E-state index contributed by atoms with van der Waals surface area (Å²) in [6.45, 7) is -0.414. The average molecular weight is 358 g/mol. The highest BCUT2D eigenvalue weighted by Gasteiger charge is 2.50. The molecule has 0 bridgehead atoms. The van der Waals surface area contributed by atoms with E-state index in [0.29, 0.717) is 5.39 Å². The van der Waals surface area contributed by atoms with E-state index in [1.54, 1.807) is 24.3 Å². The molecule has 4 rings (SSSR count). The van der Waals surface area contributed by atoms with Gasteiger partial charge in [-0.15, -0.1) is 0 Å². The van der Waals surface area contributed by atoms with E-state index in [0.717, 1.165) is 9.69 Å². The van der Waals surface area contributed by atoms with Crippen molar-refractivity contribution in [3.63, 3.8) is 0 Å². The third kappa shape index (κ3) is 2.52. The summed E-state index contributed by atoms with van der Waals surface area (Å²) < 4.78 is 40.8. The summed E-state index contributed by atoms with van der Waals surface area (Å²) in [6.07, 6.45) is 1.44. The van der Waals surface area contributed by atoms with Gasteiger partial charge in [0.2, 0.25) is 0 Å². The van der Waals surface area contributed by atoms with Gasteiger partial charge in [0.15, 0.2) is 5.03 Å². The highest BCUT2D eigenvalue weighted by Crippen LogP contribution is 2.37. The molecule has 0 aliphatic carbocycles.